The Morgan fingerprint density at radius 1 is 1.00 bits per heavy atom. The highest BCUT2D eigenvalue weighted by Gasteiger charge is 2.31. The first kappa shape index (κ1) is 29.3. The van der Waals surface area contributed by atoms with Crippen molar-refractivity contribution in [2.75, 3.05) is 0 Å². The van der Waals surface area contributed by atoms with Crippen LogP contribution in [0.4, 0.5) is 0 Å². The molecule has 1 aromatic heterocycles. The normalized spacial score (nSPS) is 11.9. The summed E-state index contributed by atoms with van der Waals surface area (Å²) in [7, 11) is -4.47. The summed E-state index contributed by atoms with van der Waals surface area (Å²) in [6.45, 7) is 5.67. The number of unbranched alkanes of at least 4 members (excludes halogenated alkanes) is 1. The van der Waals surface area contributed by atoms with Gasteiger partial charge in [-0.15, -0.1) is 0 Å². The minimum Gasteiger partial charge on any atom is -0.492 e. The van der Waals surface area contributed by atoms with Crippen LogP contribution >= 0.6 is 0 Å². The van der Waals surface area contributed by atoms with Gasteiger partial charge >= 0.3 is 0 Å². The lowest BCUT2D eigenvalue weighted by Gasteiger charge is -2.23. The minimum absolute atomic E-state index is 0.170. The van der Waals surface area contributed by atoms with Crippen LogP contribution < -0.4 is 5.56 Å². The van der Waals surface area contributed by atoms with Crippen LogP contribution in [0.5, 0.6) is 5.88 Å². The fourth-order valence-electron chi connectivity index (χ4n) is 5.00. The number of nitriles is 2. The maximum absolute atomic E-state index is 14.0. The van der Waals surface area contributed by atoms with E-state index in [0.717, 1.165) is 17.5 Å². The zero-order valence-electron chi connectivity index (χ0n) is 23.1. The van der Waals surface area contributed by atoms with Gasteiger partial charge in [-0.25, -0.2) is 8.42 Å². The van der Waals surface area contributed by atoms with Crippen LogP contribution in [0.2, 0.25) is 0 Å². The highest BCUT2D eigenvalue weighted by atomic mass is 32.2. The van der Waals surface area contributed by atoms with Crippen molar-refractivity contribution in [2.24, 2.45) is 0 Å². The van der Waals surface area contributed by atoms with Crippen molar-refractivity contribution in [3.05, 3.63) is 105 Å². The summed E-state index contributed by atoms with van der Waals surface area (Å²) < 4.78 is 29.0. The number of aromatic nitrogens is 2. The molecule has 1 N–H and O–H groups in total. The predicted octanol–water partition coefficient (Wildman–Crippen LogP) is 5.84. The molecule has 0 amide bonds. The second kappa shape index (κ2) is 12.2. The molecule has 4 rings (SSSR count). The average Bonchev–Trinajstić information content (AvgIpc) is 2.97. The number of hydrogen-bond donors (Lipinski definition) is 1. The predicted molar refractivity (Wildman–Crippen MR) is 155 cm³/mol. The molecule has 8 nitrogen and oxygen atoms in total. The Morgan fingerprint density at radius 3 is 2.34 bits per heavy atom. The van der Waals surface area contributed by atoms with Crippen LogP contribution in [0.25, 0.3) is 11.1 Å². The highest BCUT2D eigenvalue weighted by Crippen LogP contribution is 2.31. The first-order valence-electron chi connectivity index (χ1n) is 13.4. The van der Waals surface area contributed by atoms with E-state index in [1.54, 1.807) is 48.5 Å². The second-order valence-electron chi connectivity index (χ2n) is 9.74. The monoisotopic (exact) mass is 566 g/mol. The first-order chi connectivity index (χ1) is 19.7. The number of benzene rings is 3. The van der Waals surface area contributed by atoms with Gasteiger partial charge in [-0.1, -0.05) is 56.7 Å². The van der Waals surface area contributed by atoms with E-state index in [0.29, 0.717) is 41.5 Å². The van der Waals surface area contributed by atoms with Gasteiger partial charge in [0.1, 0.15) is 5.82 Å². The van der Waals surface area contributed by atoms with Crippen LogP contribution in [-0.2, 0) is 16.3 Å². The summed E-state index contributed by atoms with van der Waals surface area (Å²) in [6.07, 6.45) is 2.28. The molecule has 4 aromatic rings. The number of aryl methyl sites for hydroxylation is 1. The van der Waals surface area contributed by atoms with Crippen LogP contribution in [-0.4, -0.2) is 23.1 Å². The van der Waals surface area contributed by atoms with E-state index < -0.39 is 32.2 Å². The topological polar surface area (TPSA) is 137 Å². The molecule has 0 saturated carbocycles. The maximum atomic E-state index is 14.0. The first-order valence-corrected chi connectivity index (χ1v) is 14.9. The molecule has 0 radical (unpaired) electrons. The average molecular weight is 567 g/mol. The molecule has 0 unspecified atom stereocenters. The molecule has 0 bridgehead atoms. The smallest absolute Gasteiger partial charge is 0.277 e. The molecule has 1 atom stereocenters. The summed E-state index contributed by atoms with van der Waals surface area (Å²) in [5.74, 6) is -0.551. The Bertz CT molecular complexity index is 1850. The van der Waals surface area contributed by atoms with Gasteiger partial charge in [0.05, 0.1) is 34.2 Å². The van der Waals surface area contributed by atoms with Crippen molar-refractivity contribution >= 4 is 9.84 Å². The summed E-state index contributed by atoms with van der Waals surface area (Å²) in [5.41, 5.74) is 3.00. The minimum atomic E-state index is -4.47. The lowest BCUT2D eigenvalue weighted by atomic mass is 9.97. The van der Waals surface area contributed by atoms with Crippen molar-refractivity contribution < 1.29 is 13.5 Å². The summed E-state index contributed by atoms with van der Waals surface area (Å²) in [6, 6.07) is 21.8. The Morgan fingerprint density at radius 2 is 1.71 bits per heavy atom. The van der Waals surface area contributed by atoms with Crippen LogP contribution in [0.1, 0.15) is 67.2 Å². The maximum Gasteiger partial charge on any atom is 0.277 e. The zero-order chi connectivity index (χ0) is 29.7. The van der Waals surface area contributed by atoms with E-state index in [2.05, 4.69) is 17.1 Å². The van der Waals surface area contributed by atoms with Gasteiger partial charge in [-0.05, 0) is 72.4 Å². The van der Waals surface area contributed by atoms with Crippen LogP contribution in [0.3, 0.4) is 0 Å². The van der Waals surface area contributed by atoms with E-state index in [1.807, 2.05) is 26.8 Å². The second-order valence-corrected chi connectivity index (χ2v) is 11.6. The van der Waals surface area contributed by atoms with E-state index in [4.69, 9.17) is 0 Å². The molecule has 1 heterocycles. The van der Waals surface area contributed by atoms with Gasteiger partial charge in [0, 0.05) is 6.42 Å². The van der Waals surface area contributed by atoms with Gasteiger partial charge in [-0.3, -0.25) is 9.36 Å². The van der Waals surface area contributed by atoms with Crippen molar-refractivity contribution in [3.8, 4) is 29.1 Å². The Hall–Kier alpha value is -4.73. The van der Waals surface area contributed by atoms with Crippen molar-refractivity contribution in [2.45, 2.75) is 62.3 Å². The third-order valence-corrected chi connectivity index (χ3v) is 8.97. The molecule has 0 fully saturated rings. The van der Waals surface area contributed by atoms with Crippen molar-refractivity contribution in [3.63, 3.8) is 0 Å². The Balaban J connectivity index is 1.87. The summed E-state index contributed by atoms with van der Waals surface area (Å²) in [4.78, 5) is 17.3. The third-order valence-electron chi connectivity index (χ3n) is 7.18. The fourth-order valence-corrected chi connectivity index (χ4v) is 6.35. The molecule has 0 saturated heterocycles. The molecule has 41 heavy (non-hydrogen) atoms. The highest BCUT2D eigenvalue weighted by molar-refractivity contribution is 7.91. The molecule has 208 valence electrons. The van der Waals surface area contributed by atoms with Gasteiger partial charge in [0.25, 0.3) is 5.56 Å². The molecular formula is C32H30N4O4S. The van der Waals surface area contributed by atoms with Gasteiger partial charge in [0.2, 0.25) is 15.7 Å². The molecule has 0 spiro atoms. The number of hydrogen-bond acceptors (Lipinski definition) is 7. The Kier molecular flexibility index (Phi) is 8.71. The molecule has 0 aliphatic heterocycles. The van der Waals surface area contributed by atoms with Crippen LogP contribution in [0, 0.1) is 29.6 Å². The largest absolute Gasteiger partial charge is 0.492 e. The van der Waals surface area contributed by atoms with Crippen molar-refractivity contribution in [1.82, 2.24) is 9.55 Å². The lowest BCUT2D eigenvalue weighted by Crippen LogP contribution is -2.33. The standard InChI is InChI=1S/C32H30N4O4S/c1-4-6-13-29-35-31(37)30(32(38)36(29)28(5-2)24-10-7-9-22(18-24)19-33)41(39,40)26-16-14-23(15-17-26)27-12-8-11-25(20-34)21(27)3/h7-12,14-18,28,37H,4-6,13H2,1-3H3/t28-/m0/s1. The van der Waals surface area contributed by atoms with E-state index in [1.165, 1.54) is 16.7 Å². The van der Waals surface area contributed by atoms with Crippen LogP contribution in [0.15, 0.2) is 81.3 Å². The number of nitrogens with zero attached hydrogens (tertiary/aromatic N) is 4. The summed E-state index contributed by atoms with van der Waals surface area (Å²) in [5, 5.41) is 29.6. The summed E-state index contributed by atoms with van der Waals surface area (Å²) >= 11 is 0. The molecule has 0 aliphatic carbocycles. The fraction of sp³-hybridized carbons (Fsp3) is 0.250. The van der Waals surface area contributed by atoms with Gasteiger partial charge in [0.15, 0.2) is 4.90 Å². The SMILES string of the molecule is CCCCc1nc(O)c(S(=O)(=O)c2ccc(-c3cccc(C#N)c3C)cc2)c(=O)n1[C@@H](CC)c1cccc(C#N)c1. The van der Waals surface area contributed by atoms with E-state index in [9.17, 15) is 28.8 Å². The number of aromatic hydroxyl groups is 1. The quantitative estimate of drug-likeness (QED) is 0.269. The lowest BCUT2D eigenvalue weighted by molar-refractivity contribution is 0.406. The molecule has 0 aliphatic rings. The van der Waals surface area contributed by atoms with Gasteiger partial charge in [-0.2, -0.15) is 15.5 Å². The number of rotatable bonds is 9. The molecule has 3 aromatic carbocycles. The molecular weight excluding hydrogens is 536 g/mol. The Labute approximate surface area is 239 Å². The van der Waals surface area contributed by atoms with Gasteiger partial charge < -0.3 is 5.11 Å². The molecule has 9 heteroatoms. The van der Waals surface area contributed by atoms with E-state index >= 15 is 0 Å². The number of sulfone groups is 1. The van der Waals surface area contributed by atoms with Crippen molar-refractivity contribution in [1.29, 1.82) is 10.5 Å². The zero-order valence-corrected chi connectivity index (χ0v) is 23.9. The third kappa shape index (κ3) is 5.63. The van der Waals surface area contributed by atoms with E-state index in [-0.39, 0.29) is 10.7 Å².